The lowest BCUT2D eigenvalue weighted by Gasteiger charge is -2.08. The van der Waals surface area contributed by atoms with E-state index in [1.54, 1.807) is 18.0 Å². The minimum atomic E-state index is 0.0103. The first-order chi connectivity index (χ1) is 7.84. The number of carbonyl (C=O) groups is 1. The van der Waals surface area contributed by atoms with E-state index in [1.165, 1.54) is 0 Å². The van der Waals surface area contributed by atoms with E-state index in [1.807, 2.05) is 18.5 Å². The molecule has 1 aliphatic rings. The van der Waals surface area contributed by atoms with Gasteiger partial charge >= 0.3 is 0 Å². The highest BCUT2D eigenvalue weighted by Gasteiger charge is 2.26. The number of aromatic amines is 2. The van der Waals surface area contributed by atoms with Crippen molar-refractivity contribution in [3.63, 3.8) is 0 Å². The predicted molar refractivity (Wildman–Crippen MR) is 61.7 cm³/mol. The van der Waals surface area contributed by atoms with Crippen molar-refractivity contribution in [1.82, 2.24) is 20.5 Å². The molecule has 2 aromatic heterocycles. The molecule has 16 heavy (non-hydrogen) atoms. The average molecular weight is 234 g/mol. The molecule has 5 nitrogen and oxygen atoms in total. The highest BCUT2D eigenvalue weighted by Crippen LogP contribution is 2.35. The molecule has 1 fully saturated rings. The van der Waals surface area contributed by atoms with Gasteiger partial charge in [0.2, 0.25) is 5.91 Å². The van der Waals surface area contributed by atoms with Gasteiger partial charge in [0.25, 0.3) is 0 Å². The topological polar surface area (TPSA) is 73.6 Å². The first-order valence-corrected chi connectivity index (χ1v) is 5.97. The Morgan fingerprint density at radius 2 is 2.44 bits per heavy atom. The number of rotatable bonds is 2. The van der Waals surface area contributed by atoms with Gasteiger partial charge in [-0.25, -0.2) is 0 Å². The fourth-order valence-corrected chi connectivity index (χ4v) is 2.74. The summed E-state index contributed by atoms with van der Waals surface area (Å²) in [6.45, 7) is 0. The third kappa shape index (κ3) is 1.51. The van der Waals surface area contributed by atoms with Gasteiger partial charge in [0, 0.05) is 23.5 Å². The molecule has 1 amide bonds. The van der Waals surface area contributed by atoms with Crippen LogP contribution in [0.25, 0.3) is 11.3 Å². The number of amides is 1. The summed E-state index contributed by atoms with van der Waals surface area (Å²) in [6, 6.07) is 1.97. The molecule has 0 spiro atoms. The second-order valence-corrected chi connectivity index (χ2v) is 4.65. The summed E-state index contributed by atoms with van der Waals surface area (Å²) < 4.78 is 0. The molecule has 3 heterocycles. The van der Waals surface area contributed by atoms with Crippen LogP contribution in [0.5, 0.6) is 0 Å². The fourth-order valence-electron chi connectivity index (χ4n) is 1.76. The monoisotopic (exact) mass is 234 g/mol. The maximum Gasteiger partial charge on any atom is 0.231 e. The van der Waals surface area contributed by atoms with Crippen LogP contribution in [0.15, 0.2) is 24.7 Å². The van der Waals surface area contributed by atoms with Crippen LogP contribution in [0.2, 0.25) is 0 Å². The number of nitrogens with one attached hydrogen (secondary N) is 3. The number of hydrogen-bond acceptors (Lipinski definition) is 3. The molecule has 0 aromatic carbocycles. The van der Waals surface area contributed by atoms with Gasteiger partial charge in [-0.2, -0.15) is 5.10 Å². The summed E-state index contributed by atoms with van der Waals surface area (Å²) >= 11 is 1.59. The average Bonchev–Trinajstić information content (AvgIpc) is 2.96. The van der Waals surface area contributed by atoms with Crippen LogP contribution in [-0.2, 0) is 4.79 Å². The van der Waals surface area contributed by atoms with Crippen molar-refractivity contribution in [2.45, 2.75) is 5.37 Å². The van der Waals surface area contributed by atoms with E-state index in [4.69, 9.17) is 0 Å². The van der Waals surface area contributed by atoms with Crippen LogP contribution in [0.1, 0.15) is 10.9 Å². The van der Waals surface area contributed by atoms with Crippen LogP contribution in [0.4, 0.5) is 0 Å². The molecule has 1 unspecified atom stereocenters. The molecule has 1 aliphatic heterocycles. The van der Waals surface area contributed by atoms with Crippen LogP contribution < -0.4 is 5.32 Å². The van der Waals surface area contributed by atoms with E-state index in [9.17, 15) is 4.79 Å². The molecule has 6 heteroatoms. The highest BCUT2D eigenvalue weighted by molar-refractivity contribution is 8.00. The van der Waals surface area contributed by atoms with Gasteiger partial charge in [-0.3, -0.25) is 9.89 Å². The molecule has 0 aliphatic carbocycles. The zero-order valence-electron chi connectivity index (χ0n) is 8.36. The normalized spacial score (nSPS) is 20.0. The van der Waals surface area contributed by atoms with Gasteiger partial charge in [0.05, 0.1) is 17.6 Å². The lowest BCUT2D eigenvalue weighted by atomic mass is 10.1. The van der Waals surface area contributed by atoms with Gasteiger partial charge < -0.3 is 10.3 Å². The summed E-state index contributed by atoms with van der Waals surface area (Å²) in [5, 5.41) is 9.93. The molecule has 0 radical (unpaired) electrons. The Kier molecular flexibility index (Phi) is 2.21. The third-order valence-corrected chi connectivity index (χ3v) is 3.64. The van der Waals surface area contributed by atoms with Gasteiger partial charge in [-0.05, 0) is 6.07 Å². The molecule has 1 saturated heterocycles. The van der Waals surface area contributed by atoms with Crippen LogP contribution in [-0.4, -0.2) is 26.8 Å². The van der Waals surface area contributed by atoms with E-state index in [2.05, 4.69) is 20.5 Å². The molecule has 1 atom stereocenters. The zero-order chi connectivity index (χ0) is 11.0. The molecule has 2 aromatic rings. The third-order valence-electron chi connectivity index (χ3n) is 2.51. The van der Waals surface area contributed by atoms with Crippen molar-refractivity contribution in [3.05, 3.63) is 30.2 Å². The van der Waals surface area contributed by atoms with Crippen LogP contribution in [0, 0.1) is 0 Å². The summed E-state index contributed by atoms with van der Waals surface area (Å²) in [6.07, 6.45) is 5.53. The first-order valence-electron chi connectivity index (χ1n) is 4.92. The van der Waals surface area contributed by atoms with Crippen molar-refractivity contribution < 1.29 is 4.79 Å². The molecule has 0 bridgehead atoms. The van der Waals surface area contributed by atoms with E-state index in [0.717, 1.165) is 16.8 Å². The fraction of sp³-hybridized carbons (Fsp3) is 0.200. The number of aromatic nitrogens is 3. The van der Waals surface area contributed by atoms with Crippen molar-refractivity contribution in [3.8, 4) is 11.3 Å². The van der Waals surface area contributed by atoms with Crippen molar-refractivity contribution in [2.75, 3.05) is 5.75 Å². The Bertz CT molecular complexity index is 505. The molecular weight excluding hydrogens is 224 g/mol. The molecule has 82 valence electrons. The Balaban J connectivity index is 1.97. The lowest BCUT2D eigenvalue weighted by Crippen LogP contribution is -2.18. The van der Waals surface area contributed by atoms with Crippen LogP contribution in [0.3, 0.4) is 0 Å². The second-order valence-electron chi connectivity index (χ2n) is 3.56. The highest BCUT2D eigenvalue weighted by atomic mass is 32.2. The summed E-state index contributed by atoms with van der Waals surface area (Å²) in [5.41, 5.74) is 3.03. The number of carbonyl (C=O) groups excluding carboxylic acids is 1. The number of thioether (sulfide) groups is 1. The summed E-state index contributed by atoms with van der Waals surface area (Å²) in [5.74, 6) is 0.596. The van der Waals surface area contributed by atoms with Crippen molar-refractivity contribution in [2.24, 2.45) is 0 Å². The van der Waals surface area contributed by atoms with Crippen molar-refractivity contribution in [1.29, 1.82) is 0 Å². The Morgan fingerprint density at radius 3 is 3.12 bits per heavy atom. The maximum absolute atomic E-state index is 11.2. The van der Waals surface area contributed by atoms with Crippen molar-refractivity contribution >= 4 is 17.7 Å². The van der Waals surface area contributed by atoms with E-state index >= 15 is 0 Å². The Morgan fingerprint density at radius 1 is 1.50 bits per heavy atom. The van der Waals surface area contributed by atoms with E-state index in [0.29, 0.717) is 5.75 Å². The number of hydrogen-bond donors (Lipinski definition) is 3. The standard InChI is InChI=1S/C10H10N4OS/c15-8-5-16-10(13-8)7-4-12-14-9(7)6-1-2-11-3-6/h1-4,10-11H,5H2,(H,12,14)(H,13,15). The predicted octanol–water partition coefficient (Wildman–Crippen LogP) is 1.27. The Labute approximate surface area is 96.0 Å². The molecular formula is C10H10N4OS. The van der Waals surface area contributed by atoms with E-state index in [-0.39, 0.29) is 11.3 Å². The minimum absolute atomic E-state index is 0.0103. The quantitative estimate of drug-likeness (QED) is 0.732. The molecule has 3 rings (SSSR count). The van der Waals surface area contributed by atoms with Gasteiger partial charge in [0.15, 0.2) is 0 Å². The Hall–Kier alpha value is -1.69. The van der Waals surface area contributed by atoms with E-state index < -0.39 is 0 Å². The zero-order valence-corrected chi connectivity index (χ0v) is 9.17. The van der Waals surface area contributed by atoms with Gasteiger partial charge in [-0.15, -0.1) is 11.8 Å². The SMILES string of the molecule is O=C1CSC(c2cn[nH]c2-c2cc[nH]c2)N1. The second kappa shape index (κ2) is 3.71. The number of nitrogens with zero attached hydrogens (tertiary/aromatic N) is 1. The summed E-state index contributed by atoms with van der Waals surface area (Å²) in [4.78, 5) is 14.2. The maximum atomic E-state index is 11.2. The largest absolute Gasteiger partial charge is 0.367 e. The summed E-state index contributed by atoms with van der Waals surface area (Å²) in [7, 11) is 0. The lowest BCUT2D eigenvalue weighted by molar-refractivity contribution is -0.118. The van der Waals surface area contributed by atoms with Gasteiger partial charge in [0.1, 0.15) is 5.37 Å². The smallest absolute Gasteiger partial charge is 0.231 e. The molecule has 0 saturated carbocycles. The first kappa shape index (κ1) is 9.53. The molecule has 3 N–H and O–H groups in total. The van der Waals surface area contributed by atoms with Crippen LogP contribution >= 0.6 is 11.8 Å². The van der Waals surface area contributed by atoms with Gasteiger partial charge in [-0.1, -0.05) is 0 Å². The minimum Gasteiger partial charge on any atom is -0.367 e. The number of H-pyrrole nitrogens is 2.